The minimum Gasteiger partial charge on any atom is -0.487 e. The largest absolute Gasteiger partial charge is 0.487 e. The van der Waals surface area contributed by atoms with Crippen molar-refractivity contribution >= 4 is 24.9 Å². The van der Waals surface area contributed by atoms with Crippen molar-refractivity contribution in [2.75, 3.05) is 0 Å². The molecule has 3 nitrogen and oxygen atoms in total. The highest BCUT2D eigenvalue weighted by Crippen LogP contribution is 2.04. The fourth-order valence-electron chi connectivity index (χ4n) is 1.82. The maximum atomic E-state index is 11.3. The molecule has 18 heavy (non-hydrogen) atoms. The van der Waals surface area contributed by atoms with Crippen LogP contribution in [0.5, 0.6) is 0 Å². The predicted molar refractivity (Wildman–Crippen MR) is 71.9 cm³/mol. The topological polar surface area (TPSA) is 46.5 Å². The van der Waals surface area contributed by atoms with Gasteiger partial charge in [-0.15, -0.1) is 0 Å². The normalized spacial score (nSPS) is 11.0. The number of hydrogen-bond donors (Lipinski definition) is 1. The Hall–Kier alpha value is -1.91. The lowest BCUT2D eigenvalue weighted by Gasteiger charge is -2.24. The molecular weight excluding hydrogens is 244 g/mol. The first kappa shape index (κ1) is 12.5. The van der Waals surface area contributed by atoms with Crippen LogP contribution in [0, 0.1) is 0 Å². The minimum absolute atomic E-state index is 0.475. The van der Waals surface area contributed by atoms with E-state index in [-0.39, 0.29) is 0 Å². The van der Waals surface area contributed by atoms with E-state index in [9.17, 15) is 9.59 Å². The monoisotopic (exact) mass is 258 g/mol. The first-order valence-corrected chi connectivity index (χ1v) is 7.51. The van der Waals surface area contributed by atoms with E-state index < -0.39 is 14.5 Å². The van der Waals surface area contributed by atoms with Crippen molar-refractivity contribution in [3.63, 3.8) is 0 Å². The molecule has 0 aliphatic heterocycles. The summed E-state index contributed by atoms with van der Waals surface area (Å²) in [5.41, 5.74) is 0. The van der Waals surface area contributed by atoms with E-state index in [0.717, 1.165) is 0 Å². The fraction of sp³-hybridized carbons (Fsp3) is 0.0714. The second kappa shape index (κ2) is 5.16. The van der Waals surface area contributed by atoms with Gasteiger partial charge in [0.1, 0.15) is 0 Å². The third-order valence-corrected chi connectivity index (χ3v) is 5.44. The van der Waals surface area contributed by atoms with Crippen LogP contribution < -0.4 is 10.4 Å². The molecule has 0 aliphatic rings. The Kier molecular flexibility index (Phi) is 3.60. The van der Waals surface area contributed by atoms with Gasteiger partial charge in [0, 0.05) is 17.3 Å². The maximum Gasteiger partial charge on any atom is 0.467 e. The molecule has 92 valence electrons. The molecule has 2 rings (SSSR count). The Morgan fingerprint density at radius 3 is 1.67 bits per heavy atom. The Labute approximate surface area is 107 Å². The molecular formula is C14H14O3Si. The zero-order valence-electron chi connectivity index (χ0n) is 10.0. The molecule has 0 unspecified atom stereocenters. The van der Waals surface area contributed by atoms with E-state index in [1.807, 2.05) is 36.4 Å². The third kappa shape index (κ3) is 2.50. The van der Waals surface area contributed by atoms with Gasteiger partial charge in [-0.05, 0) is 0 Å². The fourth-order valence-corrected chi connectivity index (χ4v) is 4.09. The highest BCUT2D eigenvalue weighted by molar-refractivity contribution is 6.92. The summed E-state index contributed by atoms with van der Waals surface area (Å²) in [7, 11) is -3.41. The van der Waals surface area contributed by atoms with Crippen LogP contribution in [0.15, 0.2) is 60.7 Å². The lowest BCUT2D eigenvalue weighted by Crippen LogP contribution is -2.62. The number of rotatable bonds is 3. The van der Waals surface area contributed by atoms with E-state index in [0.29, 0.717) is 10.4 Å². The zero-order chi connectivity index (χ0) is 13.0. The minimum atomic E-state index is -3.41. The first-order valence-electron chi connectivity index (χ1n) is 5.66. The summed E-state index contributed by atoms with van der Waals surface area (Å²) in [6.07, 6.45) is 0. The standard InChI is InChI=1S/C14H14O3Si/c1-12(15)17-18(16,13-8-4-2-5-9-13)14-10-6-3-7-11-14/h2-11,16H,1H3. The van der Waals surface area contributed by atoms with Crippen LogP contribution in [-0.2, 0) is 9.22 Å². The van der Waals surface area contributed by atoms with Gasteiger partial charge in [-0.3, -0.25) is 4.79 Å². The van der Waals surface area contributed by atoms with E-state index in [1.165, 1.54) is 6.92 Å². The van der Waals surface area contributed by atoms with Crippen LogP contribution in [0.25, 0.3) is 0 Å². The van der Waals surface area contributed by atoms with Crippen molar-refractivity contribution < 1.29 is 14.0 Å². The first-order chi connectivity index (χ1) is 8.63. The Balaban J connectivity index is 2.51. The van der Waals surface area contributed by atoms with Gasteiger partial charge in [-0.1, -0.05) is 60.7 Å². The number of carbonyl (C=O) groups is 1. The summed E-state index contributed by atoms with van der Waals surface area (Å²) < 4.78 is 5.27. The summed E-state index contributed by atoms with van der Waals surface area (Å²) in [5, 5.41) is 1.32. The SMILES string of the molecule is CC(=O)O[Si](O)(c1ccccc1)c1ccccc1. The predicted octanol–water partition coefficient (Wildman–Crippen LogP) is 0.798. The molecule has 0 amide bonds. The molecule has 0 aromatic heterocycles. The smallest absolute Gasteiger partial charge is 0.467 e. The van der Waals surface area contributed by atoms with Crippen molar-refractivity contribution in [1.29, 1.82) is 0 Å². The summed E-state index contributed by atoms with van der Waals surface area (Å²) in [6.45, 7) is 1.31. The second-order valence-electron chi connectivity index (χ2n) is 3.97. The average molecular weight is 258 g/mol. The van der Waals surface area contributed by atoms with Crippen molar-refractivity contribution in [3.05, 3.63) is 60.7 Å². The van der Waals surface area contributed by atoms with Crippen LogP contribution in [0.2, 0.25) is 0 Å². The van der Waals surface area contributed by atoms with Crippen molar-refractivity contribution in [2.24, 2.45) is 0 Å². The highest BCUT2D eigenvalue weighted by Gasteiger charge is 2.41. The van der Waals surface area contributed by atoms with Gasteiger partial charge in [0.2, 0.25) is 0 Å². The molecule has 0 fully saturated rings. The molecule has 1 N–H and O–H groups in total. The third-order valence-electron chi connectivity index (χ3n) is 2.62. The van der Waals surface area contributed by atoms with Crippen LogP contribution in [0.3, 0.4) is 0 Å². The van der Waals surface area contributed by atoms with Gasteiger partial charge in [0.05, 0.1) is 0 Å². The quantitative estimate of drug-likeness (QED) is 0.828. The molecule has 0 atom stereocenters. The van der Waals surface area contributed by atoms with Crippen LogP contribution in [0.1, 0.15) is 6.92 Å². The van der Waals surface area contributed by atoms with Crippen molar-refractivity contribution in [2.45, 2.75) is 6.92 Å². The van der Waals surface area contributed by atoms with Gasteiger partial charge in [-0.25, -0.2) is 0 Å². The number of hydrogen-bond acceptors (Lipinski definition) is 3. The molecule has 0 saturated carbocycles. The van der Waals surface area contributed by atoms with Crippen molar-refractivity contribution in [3.8, 4) is 0 Å². The maximum absolute atomic E-state index is 11.3. The Bertz CT molecular complexity index is 486. The number of carbonyl (C=O) groups excluding carboxylic acids is 1. The molecule has 4 heteroatoms. The molecule has 0 spiro atoms. The summed E-state index contributed by atoms with van der Waals surface area (Å²) >= 11 is 0. The Morgan fingerprint density at radius 2 is 1.33 bits per heavy atom. The van der Waals surface area contributed by atoms with Gasteiger partial charge < -0.3 is 9.22 Å². The molecule has 0 radical (unpaired) electrons. The van der Waals surface area contributed by atoms with E-state index in [1.54, 1.807) is 24.3 Å². The van der Waals surface area contributed by atoms with E-state index in [2.05, 4.69) is 0 Å². The van der Waals surface area contributed by atoms with Crippen LogP contribution >= 0.6 is 0 Å². The average Bonchev–Trinajstić information content (AvgIpc) is 2.40. The Morgan fingerprint density at radius 1 is 0.944 bits per heavy atom. The summed E-state index contributed by atoms with van der Waals surface area (Å²) in [6, 6.07) is 18.1. The number of benzene rings is 2. The lowest BCUT2D eigenvalue weighted by atomic mass is 10.4. The van der Waals surface area contributed by atoms with Crippen molar-refractivity contribution in [1.82, 2.24) is 0 Å². The van der Waals surface area contributed by atoms with Gasteiger partial charge in [0.25, 0.3) is 5.97 Å². The highest BCUT2D eigenvalue weighted by atomic mass is 28.4. The van der Waals surface area contributed by atoms with E-state index >= 15 is 0 Å². The van der Waals surface area contributed by atoms with Crippen LogP contribution in [-0.4, -0.2) is 19.3 Å². The molecule has 0 saturated heterocycles. The molecule has 0 bridgehead atoms. The molecule has 2 aromatic rings. The second-order valence-corrected chi connectivity index (χ2v) is 6.62. The van der Waals surface area contributed by atoms with Gasteiger partial charge in [0.15, 0.2) is 0 Å². The zero-order valence-corrected chi connectivity index (χ0v) is 11.0. The lowest BCUT2D eigenvalue weighted by molar-refractivity contribution is -0.133. The molecule has 0 aliphatic carbocycles. The van der Waals surface area contributed by atoms with E-state index in [4.69, 9.17) is 4.43 Å². The van der Waals surface area contributed by atoms with Crippen LogP contribution in [0.4, 0.5) is 0 Å². The van der Waals surface area contributed by atoms with Gasteiger partial charge in [-0.2, -0.15) is 0 Å². The van der Waals surface area contributed by atoms with Gasteiger partial charge >= 0.3 is 8.56 Å². The summed E-state index contributed by atoms with van der Waals surface area (Å²) in [4.78, 5) is 22.1. The molecule has 2 aromatic carbocycles. The summed E-state index contributed by atoms with van der Waals surface area (Å²) in [5.74, 6) is -0.475. The molecule has 0 heterocycles.